The maximum absolute atomic E-state index is 12.5. The van der Waals surface area contributed by atoms with E-state index in [2.05, 4.69) is 5.32 Å². The van der Waals surface area contributed by atoms with Crippen molar-refractivity contribution in [1.82, 2.24) is 10.2 Å². The molecular weight excluding hydrogens is 338 g/mol. The molecule has 1 aliphatic rings. The minimum Gasteiger partial charge on any atom is -0.477 e. The molecule has 26 heavy (non-hydrogen) atoms. The number of carboxylic acid groups (broad SMARTS) is 1. The van der Waals surface area contributed by atoms with Gasteiger partial charge in [0.1, 0.15) is 5.70 Å². The highest BCUT2D eigenvalue weighted by molar-refractivity contribution is 5.94. The Balaban J connectivity index is 1.94. The summed E-state index contributed by atoms with van der Waals surface area (Å²) in [7, 11) is 0. The predicted octanol–water partition coefficient (Wildman–Crippen LogP) is 2.83. The van der Waals surface area contributed by atoms with E-state index in [1.807, 2.05) is 6.07 Å². The third-order valence-electron chi connectivity index (χ3n) is 3.98. The van der Waals surface area contributed by atoms with Gasteiger partial charge in [0, 0.05) is 12.1 Å². The number of rotatable bonds is 5. The van der Waals surface area contributed by atoms with E-state index in [1.54, 1.807) is 30.3 Å². The fraction of sp³-hybridized carbons (Fsp3) is 0.111. The third kappa shape index (κ3) is 3.54. The number of amides is 2. The van der Waals surface area contributed by atoms with Crippen LogP contribution in [-0.4, -0.2) is 26.9 Å². The van der Waals surface area contributed by atoms with Crippen LogP contribution in [0.1, 0.15) is 17.2 Å². The Morgan fingerprint density at radius 2 is 1.92 bits per heavy atom. The minimum atomic E-state index is -1.24. The lowest BCUT2D eigenvalue weighted by molar-refractivity contribution is -0.384. The Bertz CT molecular complexity index is 895. The van der Waals surface area contributed by atoms with E-state index in [0.717, 1.165) is 10.5 Å². The average molecular weight is 353 g/mol. The molecule has 2 aromatic carbocycles. The van der Waals surface area contributed by atoms with Crippen molar-refractivity contribution in [3.63, 3.8) is 0 Å². The van der Waals surface area contributed by atoms with Crippen LogP contribution >= 0.6 is 0 Å². The van der Waals surface area contributed by atoms with Crippen molar-refractivity contribution in [1.29, 1.82) is 0 Å². The van der Waals surface area contributed by atoms with Crippen molar-refractivity contribution >= 4 is 17.7 Å². The Kier molecular flexibility index (Phi) is 4.66. The van der Waals surface area contributed by atoms with E-state index in [4.69, 9.17) is 0 Å². The van der Waals surface area contributed by atoms with Crippen LogP contribution in [0.2, 0.25) is 0 Å². The van der Waals surface area contributed by atoms with Gasteiger partial charge < -0.3 is 10.4 Å². The molecule has 1 atom stereocenters. The van der Waals surface area contributed by atoms with Crippen LogP contribution in [0.4, 0.5) is 10.5 Å². The predicted molar refractivity (Wildman–Crippen MR) is 92.1 cm³/mol. The number of non-ortho nitro benzene ring substituents is 1. The SMILES string of the molecule is O=C(O)C1=CC(c2cccc([N+](=O)[O-])c2)NC(=O)N1Cc1ccccc1. The van der Waals surface area contributed by atoms with Gasteiger partial charge in [0.2, 0.25) is 0 Å². The van der Waals surface area contributed by atoms with Crippen molar-refractivity contribution < 1.29 is 19.6 Å². The van der Waals surface area contributed by atoms with E-state index in [-0.39, 0.29) is 17.9 Å². The van der Waals surface area contributed by atoms with Gasteiger partial charge in [-0.05, 0) is 17.2 Å². The zero-order valence-corrected chi connectivity index (χ0v) is 13.5. The van der Waals surface area contributed by atoms with Gasteiger partial charge in [-0.2, -0.15) is 0 Å². The number of hydrogen-bond donors (Lipinski definition) is 2. The molecule has 8 heteroatoms. The summed E-state index contributed by atoms with van der Waals surface area (Å²) in [6.45, 7) is 0.104. The molecule has 8 nitrogen and oxygen atoms in total. The number of carbonyl (C=O) groups excluding carboxylic acids is 1. The van der Waals surface area contributed by atoms with Crippen molar-refractivity contribution in [2.45, 2.75) is 12.6 Å². The molecule has 2 aromatic rings. The van der Waals surface area contributed by atoms with Gasteiger partial charge in [0.15, 0.2) is 0 Å². The Labute approximate surface area is 148 Å². The molecule has 0 bridgehead atoms. The first-order valence-corrected chi connectivity index (χ1v) is 7.77. The number of nitro benzene ring substituents is 1. The standard InChI is InChI=1S/C18H15N3O5/c22-17(23)16-10-15(13-7-4-8-14(9-13)21(25)26)19-18(24)20(16)11-12-5-2-1-3-6-12/h1-10,15H,11H2,(H,19,24)(H,22,23). The van der Waals surface area contributed by atoms with Crippen LogP contribution < -0.4 is 5.32 Å². The zero-order valence-electron chi connectivity index (χ0n) is 13.5. The summed E-state index contributed by atoms with van der Waals surface area (Å²) in [6, 6.07) is 13.4. The Morgan fingerprint density at radius 3 is 2.58 bits per heavy atom. The molecule has 132 valence electrons. The average Bonchev–Trinajstić information content (AvgIpc) is 2.64. The van der Waals surface area contributed by atoms with Crippen molar-refractivity contribution in [3.05, 3.63) is 87.6 Å². The first-order valence-electron chi connectivity index (χ1n) is 7.77. The van der Waals surface area contributed by atoms with Crippen LogP contribution in [-0.2, 0) is 11.3 Å². The Hall–Kier alpha value is -3.68. The highest BCUT2D eigenvalue weighted by atomic mass is 16.6. The van der Waals surface area contributed by atoms with Gasteiger partial charge in [-0.25, -0.2) is 9.59 Å². The second kappa shape index (κ2) is 7.06. The number of nitrogens with zero attached hydrogens (tertiary/aromatic N) is 2. The second-order valence-electron chi connectivity index (χ2n) is 5.71. The van der Waals surface area contributed by atoms with Gasteiger partial charge in [0.05, 0.1) is 17.5 Å². The fourth-order valence-electron chi connectivity index (χ4n) is 2.73. The highest BCUT2D eigenvalue weighted by Gasteiger charge is 2.31. The van der Waals surface area contributed by atoms with Crippen LogP contribution in [0.5, 0.6) is 0 Å². The molecule has 0 radical (unpaired) electrons. The second-order valence-corrected chi connectivity index (χ2v) is 5.71. The number of urea groups is 1. The summed E-state index contributed by atoms with van der Waals surface area (Å²) < 4.78 is 0. The molecule has 3 rings (SSSR count). The summed E-state index contributed by atoms with van der Waals surface area (Å²) >= 11 is 0. The summed E-state index contributed by atoms with van der Waals surface area (Å²) in [5.41, 5.74) is 0.914. The lowest BCUT2D eigenvalue weighted by Crippen LogP contribution is -2.46. The molecule has 2 amide bonds. The van der Waals surface area contributed by atoms with Crippen LogP contribution in [0.3, 0.4) is 0 Å². The molecule has 0 fully saturated rings. The lowest BCUT2D eigenvalue weighted by Gasteiger charge is -2.31. The molecule has 0 saturated heterocycles. The number of nitrogens with one attached hydrogen (secondary N) is 1. The Morgan fingerprint density at radius 1 is 1.19 bits per heavy atom. The molecule has 2 N–H and O–H groups in total. The van der Waals surface area contributed by atoms with Gasteiger partial charge >= 0.3 is 12.0 Å². The molecule has 0 spiro atoms. The maximum atomic E-state index is 12.5. The van der Waals surface area contributed by atoms with Crippen LogP contribution in [0.25, 0.3) is 0 Å². The first kappa shape index (κ1) is 17.2. The minimum absolute atomic E-state index is 0.104. The third-order valence-corrected chi connectivity index (χ3v) is 3.98. The summed E-state index contributed by atoms with van der Waals surface area (Å²) in [4.78, 5) is 35.7. The van der Waals surface area contributed by atoms with Crippen molar-refractivity contribution in [3.8, 4) is 0 Å². The van der Waals surface area contributed by atoms with Crippen LogP contribution in [0, 0.1) is 10.1 Å². The van der Waals surface area contributed by atoms with Gasteiger partial charge in [0.25, 0.3) is 5.69 Å². The fourth-order valence-corrected chi connectivity index (χ4v) is 2.73. The molecule has 0 saturated carbocycles. The smallest absolute Gasteiger partial charge is 0.352 e. The topological polar surface area (TPSA) is 113 Å². The van der Waals surface area contributed by atoms with E-state index >= 15 is 0 Å². The molecule has 0 aliphatic carbocycles. The summed E-state index contributed by atoms with van der Waals surface area (Å²) in [5.74, 6) is -1.24. The van der Waals surface area contributed by atoms with Gasteiger partial charge in [-0.1, -0.05) is 42.5 Å². The summed E-state index contributed by atoms with van der Waals surface area (Å²) in [6.07, 6.45) is 1.38. The van der Waals surface area contributed by atoms with Crippen molar-refractivity contribution in [2.24, 2.45) is 0 Å². The number of hydrogen-bond acceptors (Lipinski definition) is 4. The molecule has 0 aromatic heterocycles. The normalized spacial score (nSPS) is 16.6. The van der Waals surface area contributed by atoms with Gasteiger partial charge in [-0.15, -0.1) is 0 Å². The first-order chi connectivity index (χ1) is 12.5. The molecule has 1 heterocycles. The lowest BCUT2D eigenvalue weighted by atomic mass is 10.0. The number of carbonyl (C=O) groups is 2. The number of aliphatic carboxylic acids is 1. The monoisotopic (exact) mass is 353 g/mol. The maximum Gasteiger partial charge on any atom is 0.352 e. The number of carboxylic acids is 1. The summed E-state index contributed by atoms with van der Waals surface area (Å²) in [5, 5.41) is 23.1. The largest absolute Gasteiger partial charge is 0.477 e. The van der Waals surface area contributed by atoms with E-state index in [0.29, 0.717) is 5.56 Å². The molecule has 1 aliphatic heterocycles. The molecular formula is C18H15N3O5. The van der Waals surface area contributed by atoms with E-state index < -0.39 is 23.0 Å². The highest BCUT2D eigenvalue weighted by Crippen LogP contribution is 2.26. The van der Waals surface area contributed by atoms with E-state index in [9.17, 15) is 24.8 Å². The van der Waals surface area contributed by atoms with Crippen molar-refractivity contribution in [2.75, 3.05) is 0 Å². The van der Waals surface area contributed by atoms with E-state index in [1.165, 1.54) is 24.3 Å². The number of benzene rings is 2. The number of nitro groups is 1. The zero-order chi connectivity index (χ0) is 18.7. The van der Waals surface area contributed by atoms with Crippen LogP contribution in [0.15, 0.2) is 66.4 Å². The molecule has 1 unspecified atom stereocenters. The quantitative estimate of drug-likeness (QED) is 0.634. The van der Waals surface area contributed by atoms with Gasteiger partial charge in [-0.3, -0.25) is 15.0 Å².